The maximum absolute atomic E-state index is 13.1. The van der Waals surface area contributed by atoms with Crippen LogP contribution in [-0.2, 0) is 6.18 Å². The Morgan fingerprint density at radius 3 is 2.38 bits per heavy atom. The van der Waals surface area contributed by atoms with Crippen LogP contribution in [0.4, 0.5) is 28.9 Å². The lowest BCUT2D eigenvalue weighted by atomic mass is 10.1. The number of nitrogens with two attached hydrogens (primary N) is 1. The quantitative estimate of drug-likeness (QED) is 0.656. The standard InChI is InChI=1S/C14H10F4N2O/c15-10-6-5-8(7-9(10)14(16,17)18)13(21)20-12-4-2-1-3-11(12)19/h1-7H,19H2,(H,20,21). The molecule has 7 heteroatoms. The molecule has 2 rings (SSSR count). The van der Waals surface area contributed by atoms with E-state index in [2.05, 4.69) is 5.32 Å². The number of para-hydroxylation sites is 2. The maximum Gasteiger partial charge on any atom is 0.419 e. The number of alkyl halides is 3. The third-order valence-electron chi connectivity index (χ3n) is 2.74. The molecule has 0 fully saturated rings. The van der Waals surface area contributed by atoms with Gasteiger partial charge in [0.2, 0.25) is 0 Å². The van der Waals surface area contributed by atoms with Crippen LogP contribution in [0.25, 0.3) is 0 Å². The highest BCUT2D eigenvalue weighted by Crippen LogP contribution is 2.32. The minimum Gasteiger partial charge on any atom is -0.397 e. The first-order valence-electron chi connectivity index (χ1n) is 5.81. The minimum atomic E-state index is -4.87. The first-order chi connectivity index (χ1) is 9.79. The number of anilines is 2. The number of hydrogen-bond donors (Lipinski definition) is 2. The molecule has 110 valence electrons. The van der Waals surface area contributed by atoms with Crippen molar-refractivity contribution in [3.63, 3.8) is 0 Å². The molecule has 0 bridgehead atoms. The fraction of sp³-hybridized carbons (Fsp3) is 0.0714. The number of carbonyl (C=O) groups is 1. The van der Waals surface area contributed by atoms with Crippen molar-refractivity contribution in [1.29, 1.82) is 0 Å². The van der Waals surface area contributed by atoms with Gasteiger partial charge in [0.25, 0.3) is 5.91 Å². The van der Waals surface area contributed by atoms with Crippen LogP contribution < -0.4 is 11.1 Å². The van der Waals surface area contributed by atoms with Crippen LogP contribution in [0.15, 0.2) is 42.5 Å². The maximum atomic E-state index is 13.1. The van der Waals surface area contributed by atoms with E-state index in [1.54, 1.807) is 12.1 Å². The SMILES string of the molecule is Nc1ccccc1NC(=O)c1ccc(F)c(C(F)(F)F)c1. The summed E-state index contributed by atoms with van der Waals surface area (Å²) in [6.45, 7) is 0. The zero-order chi connectivity index (χ0) is 15.6. The van der Waals surface area contributed by atoms with Crippen LogP contribution >= 0.6 is 0 Å². The van der Waals surface area contributed by atoms with E-state index in [0.29, 0.717) is 12.1 Å². The van der Waals surface area contributed by atoms with Crippen molar-refractivity contribution in [3.8, 4) is 0 Å². The number of amides is 1. The lowest BCUT2D eigenvalue weighted by Gasteiger charge is -2.11. The molecule has 0 atom stereocenters. The normalized spacial score (nSPS) is 11.2. The Balaban J connectivity index is 2.31. The summed E-state index contributed by atoms with van der Waals surface area (Å²) < 4.78 is 50.9. The van der Waals surface area contributed by atoms with Gasteiger partial charge in [0.1, 0.15) is 5.82 Å². The fourth-order valence-electron chi connectivity index (χ4n) is 1.69. The van der Waals surface area contributed by atoms with Gasteiger partial charge >= 0.3 is 6.18 Å². The van der Waals surface area contributed by atoms with Crippen molar-refractivity contribution in [2.75, 3.05) is 11.1 Å². The number of nitrogen functional groups attached to an aromatic ring is 1. The van der Waals surface area contributed by atoms with Crippen LogP contribution in [-0.4, -0.2) is 5.91 Å². The number of carbonyl (C=O) groups excluding carboxylic acids is 1. The van der Waals surface area contributed by atoms with Crippen LogP contribution in [0.3, 0.4) is 0 Å². The Hall–Kier alpha value is -2.57. The highest BCUT2D eigenvalue weighted by molar-refractivity contribution is 6.05. The molecule has 0 saturated carbocycles. The van der Waals surface area contributed by atoms with Crippen molar-refractivity contribution >= 4 is 17.3 Å². The second-order valence-electron chi connectivity index (χ2n) is 4.23. The van der Waals surface area contributed by atoms with Crippen LogP contribution in [0.1, 0.15) is 15.9 Å². The van der Waals surface area contributed by atoms with Gasteiger partial charge in [0.15, 0.2) is 0 Å². The monoisotopic (exact) mass is 298 g/mol. The lowest BCUT2D eigenvalue weighted by Crippen LogP contribution is -2.16. The van der Waals surface area contributed by atoms with Crippen LogP contribution in [0.5, 0.6) is 0 Å². The highest BCUT2D eigenvalue weighted by Gasteiger charge is 2.34. The Morgan fingerprint density at radius 2 is 1.76 bits per heavy atom. The van der Waals surface area contributed by atoms with Crippen molar-refractivity contribution in [2.45, 2.75) is 6.18 Å². The summed E-state index contributed by atoms with van der Waals surface area (Å²) in [5.41, 5.74) is 4.34. The van der Waals surface area contributed by atoms with Crippen LogP contribution in [0.2, 0.25) is 0 Å². The summed E-state index contributed by atoms with van der Waals surface area (Å²) >= 11 is 0. The van der Waals surface area contributed by atoms with E-state index in [9.17, 15) is 22.4 Å². The average molecular weight is 298 g/mol. The number of rotatable bonds is 2. The zero-order valence-corrected chi connectivity index (χ0v) is 10.5. The first-order valence-corrected chi connectivity index (χ1v) is 5.81. The summed E-state index contributed by atoms with van der Waals surface area (Å²) in [7, 11) is 0. The predicted octanol–water partition coefficient (Wildman–Crippen LogP) is 3.68. The van der Waals surface area contributed by atoms with Gasteiger partial charge in [0.05, 0.1) is 16.9 Å². The van der Waals surface area contributed by atoms with E-state index in [0.717, 1.165) is 6.07 Å². The van der Waals surface area contributed by atoms with Gasteiger partial charge < -0.3 is 11.1 Å². The molecule has 0 aromatic heterocycles. The molecule has 0 aliphatic carbocycles. The fourth-order valence-corrected chi connectivity index (χ4v) is 1.69. The topological polar surface area (TPSA) is 55.1 Å². The van der Waals surface area contributed by atoms with Gasteiger partial charge in [-0.3, -0.25) is 4.79 Å². The summed E-state index contributed by atoms with van der Waals surface area (Å²) in [6, 6.07) is 8.32. The number of halogens is 4. The second-order valence-corrected chi connectivity index (χ2v) is 4.23. The van der Waals surface area contributed by atoms with Crippen molar-refractivity contribution < 1.29 is 22.4 Å². The largest absolute Gasteiger partial charge is 0.419 e. The Kier molecular flexibility index (Phi) is 3.84. The lowest BCUT2D eigenvalue weighted by molar-refractivity contribution is -0.140. The average Bonchev–Trinajstić information content (AvgIpc) is 2.40. The molecule has 21 heavy (non-hydrogen) atoms. The number of hydrogen-bond acceptors (Lipinski definition) is 2. The van der Waals surface area contributed by atoms with Crippen molar-refractivity contribution in [2.24, 2.45) is 0 Å². The molecule has 2 aromatic rings. The second kappa shape index (κ2) is 5.43. The van der Waals surface area contributed by atoms with E-state index < -0.39 is 23.5 Å². The Bertz CT molecular complexity index is 683. The predicted molar refractivity (Wildman–Crippen MR) is 70.2 cm³/mol. The van der Waals surface area contributed by atoms with E-state index in [1.165, 1.54) is 12.1 Å². The van der Waals surface area contributed by atoms with Crippen LogP contribution in [0, 0.1) is 5.82 Å². The van der Waals surface area contributed by atoms with Gasteiger partial charge in [-0.05, 0) is 30.3 Å². The molecule has 0 spiro atoms. The zero-order valence-electron chi connectivity index (χ0n) is 10.5. The smallest absolute Gasteiger partial charge is 0.397 e. The highest BCUT2D eigenvalue weighted by atomic mass is 19.4. The van der Waals surface area contributed by atoms with Gasteiger partial charge in [-0.15, -0.1) is 0 Å². The molecule has 2 aromatic carbocycles. The molecular formula is C14H10F4N2O. The molecule has 0 saturated heterocycles. The Labute approximate surface area is 117 Å². The number of nitrogens with one attached hydrogen (secondary N) is 1. The van der Waals surface area contributed by atoms with E-state index in [4.69, 9.17) is 5.73 Å². The van der Waals surface area contributed by atoms with Gasteiger partial charge in [-0.1, -0.05) is 12.1 Å². The summed E-state index contributed by atoms with van der Waals surface area (Å²) in [5.74, 6) is -2.24. The summed E-state index contributed by atoms with van der Waals surface area (Å²) in [5, 5.41) is 2.37. The minimum absolute atomic E-state index is 0.264. The molecular weight excluding hydrogens is 288 g/mol. The number of benzene rings is 2. The molecule has 1 amide bonds. The van der Waals surface area contributed by atoms with E-state index in [-0.39, 0.29) is 16.9 Å². The molecule has 3 nitrogen and oxygen atoms in total. The molecule has 0 unspecified atom stereocenters. The summed E-state index contributed by atoms with van der Waals surface area (Å²) in [6.07, 6.45) is -4.87. The third-order valence-corrected chi connectivity index (χ3v) is 2.74. The van der Waals surface area contributed by atoms with Gasteiger partial charge in [-0.25, -0.2) is 4.39 Å². The summed E-state index contributed by atoms with van der Waals surface area (Å²) in [4.78, 5) is 11.9. The molecule has 0 aliphatic rings. The van der Waals surface area contributed by atoms with Gasteiger partial charge in [-0.2, -0.15) is 13.2 Å². The van der Waals surface area contributed by atoms with Gasteiger partial charge in [0, 0.05) is 5.56 Å². The van der Waals surface area contributed by atoms with E-state index in [1.807, 2.05) is 0 Å². The molecule has 0 heterocycles. The van der Waals surface area contributed by atoms with Crippen molar-refractivity contribution in [1.82, 2.24) is 0 Å². The third kappa shape index (κ3) is 3.31. The molecule has 0 aliphatic heterocycles. The van der Waals surface area contributed by atoms with E-state index >= 15 is 0 Å². The molecule has 3 N–H and O–H groups in total. The molecule has 0 radical (unpaired) electrons. The first kappa shape index (κ1) is 14.8. The Morgan fingerprint density at radius 1 is 1.10 bits per heavy atom. The van der Waals surface area contributed by atoms with Crippen molar-refractivity contribution in [3.05, 3.63) is 59.4 Å².